The molecule has 1 aromatic heterocycles. The lowest BCUT2D eigenvalue weighted by Gasteiger charge is -2.15. The molecule has 1 N–H and O–H groups in total. The largest absolute Gasteiger partial charge is 0.390 e. The molecule has 0 bridgehead atoms. The quantitative estimate of drug-likeness (QED) is 0.833. The second kappa shape index (κ2) is 4.61. The Labute approximate surface area is 85.5 Å². The van der Waals surface area contributed by atoms with Crippen molar-refractivity contribution >= 4 is 0 Å². The van der Waals surface area contributed by atoms with E-state index in [0.717, 1.165) is 5.69 Å². The highest BCUT2D eigenvalue weighted by Gasteiger charge is 2.29. The van der Waals surface area contributed by atoms with E-state index in [0.29, 0.717) is 6.54 Å². The monoisotopic (exact) mass is 222 g/mol. The summed E-state index contributed by atoms with van der Waals surface area (Å²) in [5, 5.41) is 10.1. The first-order valence-electron chi connectivity index (χ1n) is 4.52. The molecular weight excluding hydrogens is 209 g/mol. The van der Waals surface area contributed by atoms with Gasteiger partial charge in [0.15, 0.2) is 0 Å². The number of aromatic nitrogens is 3. The van der Waals surface area contributed by atoms with Gasteiger partial charge in [-0.1, -0.05) is 5.21 Å². The van der Waals surface area contributed by atoms with Crippen LogP contribution < -0.4 is 5.32 Å². The fourth-order valence-electron chi connectivity index (χ4n) is 1.17. The second-order valence-corrected chi connectivity index (χ2v) is 3.45. The highest BCUT2D eigenvalue weighted by molar-refractivity contribution is 4.92. The van der Waals surface area contributed by atoms with Crippen LogP contribution in [0.15, 0.2) is 6.20 Å². The minimum Gasteiger partial charge on any atom is -0.308 e. The average molecular weight is 222 g/mol. The Hall–Kier alpha value is -1.11. The molecular formula is C8H13F3N4. The van der Waals surface area contributed by atoms with E-state index >= 15 is 0 Å². The van der Waals surface area contributed by atoms with Gasteiger partial charge in [0.25, 0.3) is 0 Å². The molecule has 1 aromatic rings. The molecule has 0 fully saturated rings. The summed E-state index contributed by atoms with van der Waals surface area (Å²) in [6.07, 6.45) is -3.44. The zero-order valence-electron chi connectivity index (χ0n) is 8.54. The first-order valence-corrected chi connectivity index (χ1v) is 4.52. The summed E-state index contributed by atoms with van der Waals surface area (Å²) in [5.41, 5.74) is 0.754. The van der Waals surface area contributed by atoms with Crippen molar-refractivity contribution in [2.45, 2.75) is 32.1 Å². The lowest BCUT2D eigenvalue weighted by Crippen LogP contribution is -2.31. The topological polar surface area (TPSA) is 42.7 Å². The van der Waals surface area contributed by atoms with Crippen LogP contribution in [-0.2, 0) is 13.6 Å². The Morgan fingerprint density at radius 2 is 2.20 bits per heavy atom. The summed E-state index contributed by atoms with van der Waals surface area (Å²) in [5.74, 6) is 0. The van der Waals surface area contributed by atoms with E-state index < -0.39 is 18.6 Å². The summed E-state index contributed by atoms with van der Waals surface area (Å²) in [6.45, 7) is 1.83. The van der Waals surface area contributed by atoms with Crippen LogP contribution in [0.4, 0.5) is 13.2 Å². The first-order chi connectivity index (χ1) is 6.88. The van der Waals surface area contributed by atoms with Crippen molar-refractivity contribution in [1.82, 2.24) is 20.3 Å². The van der Waals surface area contributed by atoms with E-state index in [1.807, 2.05) is 0 Å². The zero-order chi connectivity index (χ0) is 11.5. The summed E-state index contributed by atoms with van der Waals surface area (Å²) in [7, 11) is 1.69. The SMILES string of the molecule is CC(CC(F)(F)F)NCc1cnnn1C. The molecule has 15 heavy (non-hydrogen) atoms. The minimum atomic E-state index is -4.13. The zero-order valence-corrected chi connectivity index (χ0v) is 8.54. The molecule has 1 unspecified atom stereocenters. The van der Waals surface area contributed by atoms with E-state index in [2.05, 4.69) is 15.6 Å². The highest BCUT2D eigenvalue weighted by Crippen LogP contribution is 2.21. The van der Waals surface area contributed by atoms with Gasteiger partial charge in [0.1, 0.15) is 0 Å². The van der Waals surface area contributed by atoms with Crippen molar-refractivity contribution in [3.8, 4) is 0 Å². The van der Waals surface area contributed by atoms with Crippen LogP contribution in [0, 0.1) is 0 Å². The molecule has 1 atom stereocenters. The molecule has 0 radical (unpaired) electrons. The summed E-state index contributed by atoms with van der Waals surface area (Å²) in [6, 6.07) is -0.611. The Kier molecular flexibility index (Phi) is 3.67. The standard InChI is InChI=1S/C8H13F3N4/c1-6(3-8(9,10)11)12-4-7-5-13-14-15(7)2/h5-6,12H,3-4H2,1-2H3. The van der Waals surface area contributed by atoms with Crippen molar-refractivity contribution in [2.24, 2.45) is 7.05 Å². The summed E-state index contributed by atoms with van der Waals surface area (Å²) < 4.78 is 37.5. The van der Waals surface area contributed by atoms with Crippen LogP contribution in [0.2, 0.25) is 0 Å². The van der Waals surface area contributed by atoms with E-state index in [4.69, 9.17) is 0 Å². The third kappa shape index (κ3) is 4.28. The number of halogens is 3. The molecule has 0 spiro atoms. The predicted molar refractivity (Wildman–Crippen MR) is 48.0 cm³/mol. The van der Waals surface area contributed by atoms with Gasteiger partial charge in [-0.3, -0.25) is 4.68 Å². The van der Waals surface area contributed by atoms with Gasteiger partial charge in [0.05, 0.1) is 18.3 Å². The normalized spacial score (nSPS) is 14.2. The van der Waals surface area contributed by atoms with Crippen LogP contribution in [0.5, 0.6) is 0 Å². The fourth-order valence-corrected chi connectivity index (χ4v) is 1.17. The minimum absolute atomic E-state index is 0.334. The van der Waals surface area contributed by atoms with E-state index in [1.54, 1.807) is 7.05 Å². The molecule has 7 heteroatoms. The van der Waals surface area contributed by atoms with Crippen LogP contribution in [0.3, 0.4) is 0 Å². The van der Waals surface area contributed by atoms with Gasteiger partial charge in [-0.15, -0.1) is 5.10 Å². The third-order valence-electron chi connectivity index (χ3n) is 1.98. The van der Waals surface area contributed by atoms with E-state index in [9.17, 15) is 13.2 Å². The molecule has 86 valence electrons. The Morgan fingerprint density at radius 3 is 2.67 bits per heavy atom. The Bertz CT molecular complexity index is 307. The van der Waals surface area contributed by atoms with Gasteiger partial charge in [0.2, 0.25) is 0 Å². The van der Waals surface area contributed by atoms with Crippen molar-refractivity contribution in [1.29, 1.82) is 0 Å². The molecule has 0 amide bonds. The predicted octanol–water partition coefficient (Wildman–Crippen LogP) is 1.25. The van der Waals surface area contributed by atoms with Crippen LogP contribution >= 0.6 is 0 Å². The number of alkyl halides is 3. The molecule has 0 aromatic carbocycles. The van der Waals surface area contributed by atoms with Crippen LogP contribution in [0.1, 0.15) is 19.0 Å². The number of nitrogens with zero attached hydrogens (tertiary/aromatic N) is 3. The van der Waals surface area contributed by atoms with E-state index in [-0.39, 0.29) is 0 Å². The molecule has 0 aliphatic rings. The van der Waals surface area contributed by atoms with Crippen LogP contribution in [0.25, 0.3) is 0 Å². The first kappa shape index (κ1) is 12.0. The number of rotatable bonds is 4. The number of hydrogen-bond donors (Lipinski definition) is 1. The maximum Gasteiger partial charge on any atom is 0.390 e. The van der Waals surface area contributed by atoms with Crippen molar-refractivity contribution < 1.29 is 13.2 Å². The van der Waals surface area contributed by atoms with Gasteiger partial charge in [0, 0.05) is 19.6 Å². The Balaban J connectivity index is 2.35. The van der Waals surface area contributed by atoms with E-state index in [1.165, 1.54) is 17.8 Å². The van der Waals surface area contributed by atoms with Gasteiger partial charge in [-0.2, -0.15) is 13.2 Å². The molecule has 1 heterocycles. The lowest BCUT2D eigenvalue weighted by atomic mass is 10.2. The molecule has 0 saturated carbocycles. The maximum atomic E-state index is 12.0. The highest BCUT2D eigenvalue weighted by atomic mass is 19.4. The van der Waals surface area contributed by atoms with Gasteiger partial charge >= 0.3 is 6.18 Å². The third-order valence-corrected chi connectivity index (χ3v) is 1.98. The molecule has 0 aliphatic heterocycles. The molecule has 0 saturated heterocycles. The number of nitrogens with one attached hydrogen (secondary N) is 1. The smallest absolute Gasteiger partial charge is 0.308 e. The molecule has 1 rings (SSSR count). The summed E-state index contributed by atoms with van der Waals surface area (Å²) in [4.78, 5) is 0. The number of aryl methyl sites for hydroxylation is 1. The summed E-state index contributed by atoms with van der Waals surface area (Å²) >= 11 is 0. The van der Waals surface area contributed by atoms with Crippen molar-refractivity contribution in [2.75, 3.05) is 0 Å². The number of hydrogen-bond acceptors (Lipinski definition) is 3. The van der Waals surface area contributed by atoms with Crippen LogP contribution in [-0.4, -0.2) is 27.2 Å². The second-order valence-electron chi connectivity index (χ2n) is 3.45. The van der Waals surface area contributed by atoms with Gasteiger partial charge in [-0.05, 0) is 6.92 Å². The lowest BCUT2D eigenvalue weighted by molar-refractivity contribution is -0.139. The van der Waals surface area contributed by atoms with Crippen molar-refractivity contribution in [3.63, 3.8) is 0 Å². The Morgan fingerprint density at radius 1 is 1.53 bits per heavy atom. The average Bonchev–Trinajstić information content (AvgIpc) is 2.44. The molecule has 4 nitrogen and oxygen atoms in total. The molecule has 0 aliphatic carbocycles. The van der Waals surface area contributed by atoms with Crippen molar-refractivity contribution in [3.05, 3.63) is 11.9 Å². The maximum absolute atomic E-state index is 12.0. The van der Waals surface area contributed by atoms with Gasteiger partial charge in [-0.25, -0.2) is 0 Å². The fraction of sp³-hybridized carbons (Fsp3) is 0.750. The van der Waals surface area contributed by atoms with Gasteiger partial charge < -0.3 is 5.32 Å².